The second-order valence-corrected chi connectivity index (χ2v) is 12.1. The molecule has 0 aliphatic carbocycles. The number of aromatic nitrogens is 2. The maximum atomic E-state index is 14.0. The Morgan fingerprint density at radius 1 is 1.00 bits per heavy atom. The third-order valence-corrected chi connectivity index (χ3v) is 9.41. The molecular formula is C32H30ClFN4O2S. The van der Waals surface area contributed by atoms with E-state index in [0.29, 0.717) is 41.2 Å². The smallest absolute Gasteiger partial charge is 0.242 e. The number of likely N-dealkylation sites (tertiary alicyclic amines) is 1. The average Bonchev–Trinajstić information content (AvgIpc) is 3.31. The molecule has 0 bridgehead atoms. The summed E-state index contributed by atoms with van der Waals surface area (Å²) in [7, 11) is 0. The van der Waals surface area contributed by atoms with Gasteiger partial charge in [-0.3, -0.25) is 14.5 Å². The largest absolute Gasteiger partial charge is 0.341 e. The van der Waals surface area contributed by atoms with Crippen molar-refractivity contribution in [2.24, 2.45) is 5.92 Å². The van der Waals surface area contributed by atoms with E-state index in [0.717, 1.165) is 29.5 Å². The molecule has 0 saturated carbocycles. The van der Waals surface area contributed by atoms with Crippen LogP contribution in [0.4, 0.5) is 10.2 Å². The number of benzene rings is 3. The van der Waals surface area contributed by atoms with Gasteiger partial charge in [-0.2, -0.15) is 5.10 Å². The van der Waals surface area contributed by atoms with Gasteiger partial charge >= 0.3 is 0 Å². The van der Waals surface area contributed by atoms with Crippen molar-refractivity contribution in [2.45, 2.75) is 25.0 Å². The van der Waals surface area contributed by atoms with Gasteiger partial charge in [-0.15, -0.1) is 11.8 Å². The van der Waals surface area contributed by atoms with E-state index in [1.165, 1.54) is 23.9 Å². The average molecular weight is 589 g/mol. The Morgan fingerprint density at radius 2 is 1.68 bits per heavy atom. The van der Waals surface area contributed by atoms with Gasteiger partial charge in [-0.1, -0.05) is 67.1 Å². The summed E-state index contributed by atoms with van der Waals surface area (Å²) in [6, 6.07) is 23.4. The number of halogens is 2. The third kappa shape index (κ3) is 5.51. The first kappa shape index (κ1) is 27.5. The fourth-order valence-electron chi connectivity index (χ4n) is 5.52. The van der Waals surface area contributed by atoms with Crippen LogP contribution in [0.25, 0.3) is 16.9 Å². The van der Waals surface area contributed by atoms with Gasteiger partial charge in [0.25, 0.3) is 0 Å². The standard InChI is InChI=1S/C32H30ClFN4O2S/c1-21-15-17-36(18-16-21)27(39)19-37-28(40)20-41-31(25-9-5-6-10-26(25)33)29-30(22-7-3-2-4-8-22)35-38(32(29)37)24-13-11-23(34)12-14-24/h2-14,21,31H,15-20H2,1H3/t31-/m0/s1. The van der Waals surface area contributed by atoms with Gasteiger partial charge in [0.05, 0.1) is 22.4 Å². The SMILES string of the molecule is CC1CCN(C(=O)CN2C(=O)CS[C@@H](c3ccccc3Cl)c3c(-c4ccccc4)nn(-c4ccc(F)cc4)c32)CC1. The van der Waals surface area contributed by atoms with E-state index in [1.807, 2.05) is 59.5 Å². The molecule has 6 rings (SSSR count). The molecule has 6 nitrogen and oxygen atoms in total. The van der Waals surface area contributed by atoms with Crippen LogP contribution in [-0.4, -0.2) is 51.9 Å². The van der Waals surface area contributed by atoms with Gasteiger partial charge in [0, 0.05) is 29.2 Å². The molecule has 0 radical (unpaired) electrons. The van der Waals surface area contributed by atoms with E-state index in [4.69, 9.17) is 16.7 Å². The van der Waals surface area contributed by atoms with Gasteiger partial charge in [-0.25, -0.2) is 9.07 Å². The van der Waals surface area contributed by atoms with E-state index in [-0.39, 0.29) is 35.2 Å². The highest BCUT2D eigenvalue weighted by Crippen LogP contribution is 2.49. The molecule has 3 aromatic carbocycles. The van der Waals surface area contributed by atoms with Gasteiger partial charge in [0.1, 0.15) is 18.2 Å². The van der Waals surface area contributed by atoms with E-state index in [2.05, 4.69) is 6.92 Å². The van der Waals surface area contributed by atoms with Crippen LogP contribution in [0.1, 0.15) is 36.1 Å². The third-order valence-electron chi connectivity index (χ3n) is 7.82. The lowest BCUT2D eigenvalue weighted by Gasteiger charge is -2.32. The summed E-state index contributed by atoms with van der Waals surface area (Å²) in [5.41, 5.74) is 3.80. The van der Waals surface area contributed by atoms with Crippen LogP contribution in [0, 0.1) is 11.7 Å². The van der Waals surface area contributed by atoms with Crippen LogP contribution in [0.15, 0.2) is 78.9 Å². The molecule has 1 fully saturated rings. The van der Waals surface area contributed by atoms with Crippen molar-refractivity contribution in [3.8, 4) is 16.9 Å². The number of fused-ring (bicyclic) bond motifs is 1. The Kier molecular flexibility index (Phi) is 7.86. The van der Waals surface area contributed by atoms with Gasteiger partial charge in [-0.05, 0) is 54.7 Å². The number of amides is 2. The highest BCUT2D eigenvalue weighted by atomic mass is 35.5. The maximum Gasteiger partial charge on any atom is 0.242 e. The molecule has 2 aliphatic rings. The number of hydrogen-bond acceptors (Lipinski definition) is 4. The molecule has 1 atom stereocenters. The number of rotatable bonds is 5. The molecule has 210 valence electrons. The fourth-order valence-corrected chi connectivity index (χ4v) is 7.06. The second kappa shape index (κ2) is 11.7. The minimum Gasteiger partial charge on any atom is -0.341 e. The van der Waals surface area contributed by atoms with E-state index >= 15 is 0 Å². The number of anilines is 1. The first-order valence-corrected chi connectivity index (χ1v) is 15.2. The lowest BCUT2D eigenvalue weighted by Crippen LogP contribution is -2.46. The topological polar surface area (TPSA) is 58.4 Å². The Hall–Kier alpha value is -3.62. The highest BCUT2D eigenvalue weighted by molar-refractivity contribution is 8.00. The monoisotopic (exact) mass is 588 g/mol. The molecule has 2 amide bonds. The Morgan fingerprint density at radius 3 is 2.39 bits per heavy atom. The second-order valence-electron chi connectivity index (χ2n) is 10.6. The quantitative estimate of drug-likeness (QED) is 0.258. The lowest BCUT2D eigenvalue weighted by molar-refractivity contribution is -0.132. The number of piperidine rings is 1. The minimum absolute atomic E-state index is 0.0921. The molecule has 0 unspecified atom stereocenters. The first-order chi connectivity index (χ1) is 19.9. The van der Waals surface area contributed by atoms with Crippen LogP contribution in [0.3, 0.4) is 0 Å². The van der Waals surface area contributed by atoms with Crippen molar-refractivity contribution < 1.29 is 14.0 Å². The molecule has 9 heteroatoms. The van der Waals surface area contributed by atoms with E-state index < -0.39 is 0 Å². The number of carbonyl (C=O) groups is 2. The van der Waals surface area contributed by atoms with Gasteiger partial charge in [0.2, 0.25) is 11.8 Å². The number of thioether (sulfide) groups is 1. The molecule has 1 aromatic heterocycles. The predicted molar refractivity (Wildman–Crippen MR) is 162 cm³/mol. The van der Waals surface area contributed by atoms with Crippen molar-refractivity contribution in [1.82, 2.24) is 14.7 Å². The summed E-state index contributed by atoms with van der Waals surface area (Å²) in [5, 5.41) is 5.30. The summed E-state index contributed by atoms with van der Waals surface area (Å²) in [5.74, 6) is 0.591. The maximum absolute atomic E-state index is 14.0. The van der Waals surface area contributed by atoms with Crippen molar-refractivity contribution in [3.63, 3.8) is 0 Å². The molecule has 0 N–H and O–H groups in total. The Bertz CT molecular complexity index is 1570. The summed E-state index contributed by atoms with van der Waals surface area (Å²) < 4.78 is 15.7. The zero-order chi connectivity index (χ0) is 28.5. The Balaban J connectivity index is 1.57. The Labute approximate surface area is 248 Å². The van der Waals surface area contributed by atoms with Crippen molar-refractivity contribution >= 4 is 41.0 Å². The number of carbonyl (C=O) groups excluding carboxylic acids is 2. The summed E-state index contributed by atoms with van der Waals surface area (Å²) in [6.07, 6.45) is 1.89. The van der Waals surface area contributed by atoms with Crippen molar-refractivity contribution in [1.29, 1.82) is 0 Å². The number of hydrogen-bond donors (Lipinski definition) is 0. The minimum atomic E-state index is -0.373. The zero-order valence-corrected chi connectivity index (χ0v) is 24.2. The van der Waals surface area contributed by atoms with Gasteiger partial charge < -0.3 is 4.90 Å². The highest BCUT2D eigenvalue weighted by Gasteiger charge is 2.39. The van der Waals surface area contributed by atoms with Crippen LogP contribution in [0.5, 0.6) is 0 Å². The molecule has 2 aliphatic heterocycles. The summed E-state index contributed by atoms with van der Waals surface area (Å²) >= 11 is 8.22. The van der Waals surface area contributed by atoms with Crippen LogP contribution in [-0.2, 0) is 9.59 Å². The predicted octanol–water partition coefficient (Wildman–Crippen LogP) is 6.76. The molecule has 4 aromatic rings. The van der Waals surface area contributed by atoms with Crippen LogP contribution < -0.4 is 4.90 Å². The van der Waals surface area contributed by atoms with E-state index in [1.54, 1.807) is 21.7 Å². The number of nitrogens with zero attached hydrogens (tertiary/aromatic N) is 4. The molecule has 3 heterocycles. The van der Waals surface area contributed by atoms with Crippen molar-refractivity contribution in [3.05, 3.63) is 101 Å². The zero-order valence-electron chi connectivity index (χ0n) is 22.7. The van der Waals surface area contributed by atoms with E-state index in [9.17, 15) is 14.0 Å². The fraction of sp³-hybridized carbons (Fsp3) is 0.281. The summed E-state index contributed by atoms with van der Waals surface area (Å²) in [6.45, 7) is 3.46. The first-order valence-electron chi connectivity index (χ1n) is 13.8. The summed E-state index contributed by atoms with van der Waals surface area (Å²) in [4.78, 5) is 31.0. The molecule has 1 saturated heterocycles. The molecule has 0 spiro atoms. The lowest BCUT2D eigenvalue weighted by atomic mass is 9.99. The van der Waals surface area contributed by atoms with Crippen molar-refractivity contribution in [2.75, 3.05) is 30.3 Å². The molecular weight excluding hydrogens is 559 g/mol. The molecule has 41 heavy (non-hydrogen) atoms. The normalized spacial score (nSPS) is 17.8. The van der Waals surface area contributed by atoms with Crippen LogP contribution >= 0.6 is 23.4 Å². The van der Waals surface area contributed by atoms with Gasteiger partial charge in [0.15, 0.2) is 0 Å². The van der Waals surface area contributed by atoms with Crippen LogP contribution in [0.2, 0.25) is 5.02 Å².